The maximum absolute atomic E-state index is 12.2. The van der Waals surface area contributed by atoms with E-state index in [1.165, 1.54) is 11.8 Å². The van der Waals surface area contributed by atoms with Gasteiger partial charge in [-0.2, -0.15) is 5.10 Å². The van der Waals surface area contributed by atoms with Crippen molar-refractivity contribution in [3.8, 4) is 17.2 Å². The van der Waals surface area contributed by atoms with Gasteiger partial charge in [0.15, 0.2) is 17.3 Å². The third kappa shape index (κ3) is 4.63. The standard InChI is InChI=1S/C23H22N2O5/c1-15(2)17-4-6-18(7-5-17)27-13-19-8-10-21(30-19)23(26)25-24-12-16-3-9-20-22(11-16)29-14-28-20/h3-12,15H,13-14H2,1-2H3,(H,25,26). The van der Waals surface area contributed by atoms with Crippen LogP contribution < -0.4 is 19.6 Å². The summed E-state index contributed by atoms with van der Waals surface area (Å²) in [6.45, 7) is 4.73. The summed E-state index contributed by atoms with van der Waals surface area (Å²) in [6, 6.07) is 16.6. The summed E-state index contributed by atoms with van der Waals surface area (Å²) < 4.78 is 21.8. The number of hydrazone groups is 1. The van der Waals surface area contributed by atoms with Gasteiger partial charge in [-0.05, 0) is 59.5 Å². The summed E-state index contributed by atoms with van der Waals surface area (Å²) in [7, 11) is 0. The largest absolute Gasteiger partial charge is 0.486 e. The molecule has 2 heterocycles. The third-order valence-electron chi connectivity index (χ3n) is 4.59. The number of nitrogens with one attached hydrogen (secondary N) is 1. The van der Waals surface area contributed by atoms with Gasteiger partial charge in [-0.1, -0.05) is 26.0 Å². The smallest absolute Gasteiger partial charge is 0.307 e. The van der Waals surface area contributed by atoms with Crippen molar-refractivity contribution >= 4 is 12.1 Å². The highest BCUT2D eigenvalue weighted by molar-refractivity contribution is 5.92. The van der Waals surface area contributed by atoms with E-state index in [4.69, 9.17) is 18.6 Å². The zero-order valence-corrected chi connectivity index (χ0v) is 16.8. The van der Waals surface area contributed by atoms with Gasteiger partial charge in [-0.3, -0.25) is 4.79 Å². The fraction of sp³-hybridized carbons (Fsp3) is 0.217. The van der Waals surface area contributed by atoms with Gasteiger partial charge in [0.25, 0.3) is 0 Å². The zero-order chi connectivity index (χ0) is 20.9. The first-order chi connectivity index (χ1) is 14.6. The van der Waals surface area contributed by atoms with Crippen molar-refractivity contribution in [3.05, 3.63) is 77.2 Å². The molecule has 30 heavy (non-hydrogen) atoms. The molecule has 2 aromatic carbocycles. The molecule has 4 rings (SSSR count). The number of carbonyl (C=O) groups excluding carboxylic acids is 1. The molecule has 7 nitrogen and oxygen atoms in total. The first kappa shape index (κ1) is 19.6. The maximum atomic E-state index is 12.2. The Morgan fingerprint density at radius 2 is 1.90 bits per heavy atom. The number of nitrogens with zero attached hydrogens (tertiary/aromatic N) is 1. The molecule has 1 aliphatic heterocycles. The lowest BCUT2D eigenvalue weighted by Crippen LogP contribution is -2.16. The number of ether oxygens (including phenoxy) is 3. The molecule has 7 heteroatoms. The number of furan rings is 1. The predicted octanol–water partition coefficient (Wildman–Crippen LogP) is 4.47. The van der Waals surface area contributed by atoms with Crippen LogP contribution in [0.25, 0.3) is 0 Å². The van der Waals surface area contributed by atoms with Crippen LogP contribution in [0.3, 0.4) is 0 Å². The molecule has 0 unspecified atom stereocenters. The molecule has 154 valence electrons. The van der Waals surface area contributed by atoms with Crippen molar-refractivity contribution in [2.24, 2.45) is 5.10 Å². The number of hydrogen-bond acceptors (Lipinski definition) is 6. The van der Waals surface area contributed by atoms with Crippen molar-refractivity contribution in [1.82, 2.24) is 5.43 Å². The van der Waals surface area contributed by atoms with E-state index < -0.39 is 5.91 Å². The van der Waals surface area contributed by atoms with Crippen molar-refractivity contribution in [1.29, 1.82) is 0 Å². The molecule has 3 aromatic rings. The Morgan fingerprint density at radius 3 is 2.70 bits per heavy atom. The normalized spacial score (nSPS) is 12.5. The molecule has 0 bridgehead atoms. The van der Waals surface area contributed by atoms with Crippen LogP contribution in [0.1, 0.15) is 47.2 Å². The zero-order valence-electron chi connectivity index (χ0n) is 16.8. The Balaban J connectivity index is 1.29. The van der Waals surface area contributed by atoms with E-state index in [2.05, 4.69) is 24.4 Å². The van der Waals surface area contributed by atoms with Crippen LogP contribution in [0.5, 0.6) is 17.2 Å². The number of hydrogen-bond donors (Lipinski definition) is 1. The number of benzene rings is 2. The van der Waals surface area contributed by atoms with Crippen molar-refractivity contribution in [2.45, 2.75) is 26.4 Å². The molecule has 0 fully saturated rings. The predicted molar refractivity (Wildman–Crippen MR) is 111 cm³/mol. The van der Waals surface area contributed by atoms with E-state index in [1.54, 1.807) is 24.3 Å². The van der Waals surface area contributed by atoms with Gasteiger partial charge in [-0.25, -0.2) is 5.43 Å². The number of rotatable bonds is 7. The van der Waals surface area contributed by atoms with Crippen molar-refractivity contribution in [3.63, 3.8) is 0 Å². The lowest BCUT2D eigenvalue weighted by Gasteiger charge is -2.07. The first-order valence-electron chi connectivity index (χ1n) is 9.63. The minimum atomic E-state index is -0.445. The minimum Gasteiger partial charge on any atom is -0.486 e. The van der Waals surface area contributed by atoms with Gasteiger partial charge in [-0.15, -0.1) is 0 Å². The molecule has 1 aliphatic rings. The number of fused-ring (bicyclic) bond motifs is 1. The van der Waals surface area contributed by atoms with E-state index in [0.717, 1.165) is 11.3 Å². The molecule has 1 aromatic heterocycles. The molecule has 0 atom stereocenters. The van der Waals surface area contributed by atoms with Gasteiger partial charge in [0.2, 0.25) is 6.79 Å². The summed E-state index contributed by atoms with van der Waals surface area (Å²) in [5, 5.41) is 3.96. The van der Waals surface area contributed by atoms with E-state index >= 15 is 0 Å². The molecule has 0 radical (unpaired) electrons. The van der Waals surface area contributed by atoms with Gasteiger partial charge >= 0.3 is 5.91 Å². The Morgan fingerprint density at radius 1 is 1.10 bits per heavy atom. The molecular weight excluding hydrogens is 384 g/mol. The summed E-state index contributed by atoms with van der Waals surface area (Å²) in [6.07, 6.45) is 1.52. The summed E-state index contributed by atoms with van der Waals surface area (Å²) in [5.41, 5.74) is 4.47. The number of amides is 1. The van der Waals surface area contributed by atoms with E-state index in [0.29, 0.717) is 23.2 Å². The quantitative estimate of drug-likeness (QED) is 0.462. The Labute approximate surface area is 174 Å². The Hall–Kier alpha value is -3.74. The van der Waals surface area contributed by atoms with Crippen LogP contribution in [0, 0.1) is 0 Å². The van der Waals surface area contributed by atoms with Gasteiger partial charge in [0, 0.05) is 0 Å². The summed E-state index contributed by atoms with van der Waals surface area (Å²) >= 11 is 0. The van der Waals surface area contributed by atoms with Crippen LogP contribution in [0.2, 0.25) is 0 Å². The molecule has 0 saturated heterocycles. The molecule has 0 spiro atoms. The SMILES string of the molecule is CC(C)c1ccc(OCc2ccc(C(=O)NN=Cc3ccc4c(c3)OCO4)o2)cc1. The lowest BCUT2D eigenvalue weighted by molar-refractivity contribution is 0.0923. The van der Waals surface area contributed by atoms with Gasteiger partial charge in [0.1, 0.15) is 18.1 Å². The minimum absolute atomic E-state index is 0.159. The lowest BCUT2D eigenvalue weighted by atomic mass is 10.0. The molecule has 0 saturated carbocycles. The van der Waals surface area contributed by atoms with Crippen LogP contribution in [-0.4, -0.2) is 18.9 Å². The fourth-order valence-corrected chi connectivity index (χ4v) is 2.89. The first-order valence-corrected chi connectivity index (χ1v) is 9.63. The fourth-order valence-electron chi connectivity index (χ4n) is 2.89. The van der Waals surface area contributed by atoms with Crippen molar-refractivity contribution < 1.29 is 23.4 Å². The Bertz CT molecular complexity index is 1050. The van der Waals surface area contributed by atoms with Crippen LogP contribution >= 0.6 is 0 Å². The van der Waals surface area contributed by atoms with Crippen LogP contribution in [-0.2, 0) is 6.61 Å². The monoisotopic (exact) mass is 406 g/mol. The van der Waals surface area contributed by atoms with Gasteiger partial charge < -0.3 is 18.6 Å². The highest BCUT2D eigenvalue weighted by Crippen LogP contribution is 2.32. The Kier molecular flexibility index (Phi) is 5.70. The topological polar surface area (TPSA) is 82.3 Å². The van der Waals surface area contributed by atoms with Gasteiger partial charge in [0.05, 0.1) is 6.21 Å². The molecular formula is C23H22N2O5. The highest BCUT2D eigenvalue weighted by Gasteiger charge is 2.13. The second-order valence-corrected chi connectivity index (χ2v) is 7.09. The maximum Gasteiger partial charge on any atom is 0.307 e. The second-order valence-electron chi connectivity index (χ2n) is 7.09. The second kappa shape index (κ2) is 8.73. The molecule has 1 amide bonds. The molecule has 1 N–H and O–H groups in total. The van der Waals surface area contributed by atoms with E-state index in [9.17, 15) is 4.79 Å². The van der Waals surface area contributed by atoms with Crippen LogP contribution in [0.15, 0.2) is 64.1 Å². The van der Waals surface area contributed by atoms with E-state index in [-0.39, 0.29) is 19.2 Å². The third-order valence-corrected chi connectivity index (χ3v) is 4.59. The van der Waals surface area contributed by atoms with Crippen molar-refractivity contribution in [2.75, 3.05) is 6.79 Å². The average molecular weight is 406 g/mol. The van der Waals surface area contributed by atoms with Crippen LogP contribution in [0.4, 0.5) is 0 Å². The summed E-state index contributed by atoms with van der Waals surface area (Å²) in [5.74, 6) is 2.82. The average Bonchev–Trinajstić information content (AvgIpc) is 3.41. The summed E-state index contributed by atoms with van der Waals surface area (Å²) in [4.78, 5) is 12.2. The highest BCUT2D eigenvalue weighted by atomic mass is 16.7. The number of carbonyl (C=O) groups is 1. The molecule has 0 aliphatic carbocycles. The van der Waals surface area contributed by atoms with E-state index in [1.807, 2.05) is 30.3 Å².